The van der Waals surface area contributed by atoms with Crippen LogP contribution in [0.15, 0.2) is 30.3 Å². The summed E-state index contributed by atoms with van der Waals surface area (Å²) in [5.41, 5.74) is 10.7. The Hall–Kier alpha value is -3.43. The summed E-state index contributed by atoms with van der Waals surface area (Å²) in [6.07, 6.45) is 3.63. The Kier molecular flexibility index (Phi) is 5.92. The second kappa shape index (κ2) is 9.15. The highest BCUT2D eigenvalue weighted by molar-refractivity contribution is 6.00. The number of aryl methyl sites for hydroxylation is 1. The molecule has 2 atom stereocenters. The molecule has 1 unspecified atom stereocenters. The molecule has 3 aromatic heterocycles. The molecule has 0 bridgehead atoms. The van der Waals surface area contributed by atoms with Crippen molar-refractivity contribution in [3.05, 3.63) is 41.6 Å². The number of nitrogens with two attached hydrogens (primary N) is 1. The molecule has 2 fully saturated rings. The predicted octanol–water partition coefficient (Wildman–Crippen LogP) is 3.63. The van der Waals surface area contributed by atoms with Crippen molar-refractivity contribution in [3.8, 4) is 17.3 Å². The summed E-state index contributed by atoms with van der Waals surface area (Å²) in [5.74, 6) is 1.98. The zero-order valence-corrected chi connectivity index (χ0v) is 21.6. The van der Waals surface area contributed by atoms with Crippen molar-refractivity contribution >= 4 is 28.0 Å². The summed E-state index contributed by atoms with van der Waals surface area (Å²) in [6, 6.07) is 9.70. The Morgan fingerprint density at radius 1 is 1.22 bits per heavy atom. The number of likely N-dealkylation sites (tertiary alicyclic amines) is 1. The van der Waals surface area contributed by atoms with E-state index in [1.165, 1.54) is 12.8 Å². The lowest BCUT2D eigenvalue weighted by Gasteiger charge is -2.30. The molecule has 0 radical (unpaired) electrons. The Balaban J connectivity index is 1.48. The van der Waals surface area contributed by atoms with E-state index >= 15 is 0 Å². The van der Waals surface area contributed by atoms with Gasteiger partial charge in [-0.15, -0.1) is 0 Å². The van der Waals surface area contributed by atoms with Crippen LogP contribution in [-0.4, -0.2) is 61.3 Å². The highest BCUT2D eigenvalue weighted by Crippen LogP contribution is 2.38. The lowest BCUT2D eigenvalue weighted by Crippen LogP contribution is -2.45. The van der Waals surface area contributed by atoms with E-state index in [4.69, 9.17) is 20.4 Å². The lowest BCUT2D eigenvalue weighted by atomic mass is 10.0. The van der Waals surface area contributed by atoms with E-state index < -0.39 is 6.10 Å². The van der Waals surface area contributed by atoms with Crippen LogP contribution in [-0.2, 0) is 13.6 Å². The van der Waals surface area contributed by atoms with Gasteiger partial charge < -0.3 is 29.6 Å². The van der Waals surface area contributed by atoms with Crippen LogP contribution in [0, 0.1) is 5.92 Å². The Morgan fingerprint density at radius 2 is 2.03 bits per heavy atom. The zero-order valence-electron chi connectivity index (χ0n) is 21.6. The molecule has 1 aromatic carbocycles. The molecule has 2 aliphatic rings. The number of piperidine rings is 1. The maximum atomic E-state index is 13.4. The number of methoxy groups -OCH3 is 1. The van der Waals surface area contributed by atoms with Crippen molar-refractivity contribution in [1.82, 2.24) is 24.0 Å². The predicted molar refractivity (Wildman–Crippen MR) is 142 cm³/mol. The Bertz CT molecular complexity index is 1500. The zero-order chi connectivity index (χ0) is 25.8. The summed E-state index contributed by atoms with van der Waals surface area (Å²) in [6.45, 7) is 3.87. The van der Waals surface area contributed by atoms with Crippen molar-refractivity contribution in [1.29, 1.82) is 0 Å². The first-order valence-electron chi connectivity index (χ1n) is 13.1. The van der Waals surface area contributed by atoms with Gasteiger partial charge in [0.25, 0.3) is 5.91 Å². The number of imidazole rings is 1. The fourth-order valence-electron chi connectivity index (χ4n) is 5.50. The van der Waals surface area contributed by atoms with Crippen molar-refractivity contribution in [2.75, 3.05) is 20.2 Å². The molecule has 1 saturated carbocycles. The van der Waals surface area contributed by atoms with E-state index in [1.807, 2.05) is 40.8 Å². The largest absolute Gasteiger partial charge is 0.494 e. The van der Waals surface area contributed by atoms with Gasteiger partial charge >= 0.3 is 0 Å². The molecule has 194 valence electrons. The summed E-state index contributed by atoms with van der Waals surface area (Å²) < 4.78 is 10.0. The number of benzene rings is 1. The summed E-state index contributed by atoms with van der Waals surface area (Å²) in [4.78, 5) is 25.0. The quantitative estimate of drug-likeness (QED) is 0.417. The number of aromatic nitrogens is 4. The minimum Gasteiger partial charge on any atom is -0.494 e. The fourth-order valence-corrected chi connectivity index (χ4v) is 5.50. The standard InChI is InChI=1S/C28H34N6O3/c1-16(35)21-9-8-18-12-23(34(26(18)30-21)14-17-6-7-17)27-31-22-11-19(13-24(37-3)25(22)32(27)2)28(36)33-10-4-5-20(29)15-33/h8-9,11-13,16-17,20,35H,4-7,10,14-15,29H2,1-3H3/t16?,20-/m1/s1. The average Bonchev–Trinajstić information content (AvgIpc) is 3.56. The number of aliphatic hydroxyl groups excluding tert-OH is 1. The van der Waals surface area contributed by atoms with Gasteiger partial charge in [0.05, 0.1) is 30.1 Å². The summed E-state index contributed by atoms with van der Waals surface area (Å²) in [7, 11) is 3.60. The number of carbonyl (C=O) groups excluding carboxylic acids is 1. The molecule has 9 heteroatoms. The third kappa shape index (κ3) is 4.26. The van der Waals surface area contributed by atoms with Gasteiger partial charge in [0.2, 0.25) is 0 Å². The van der Waals surface area contributed by atoms with Crippen LogP contribution in [0.3, 0.4) is 0 Å². The molecule has 9 nitrogen and oxygen atoms in total. The third-order valence-corrected chi connectivity index (χ3v) is 7.71. The van der Waals surface area contributed by atoms with Gasteiger partial charge in [-0.1, -0.05) is 0 Å². The van der Waals surface area contributed by atoms with Crippen molar-refractivity contribution in [2.24, 2.45) is 18.7 Å². The summed E-state index contributed by atoms with van der Waals surface area (Å²) in [5, 5.41) is 11.1. The average molecular weight is 503 g/mol. The number of carbonyl (C=O) groups is 1. The smallest absolute Gasteiger partial charge is 0.254 e. The minimum atomic E-state index is -0.637. The molecule has 4 heterocycles. The molecule has 1 aliphatic carbocycles. The van der Waals surface area contributed by atoms with Gasteiger partial charge in [0.15, 0.2) is 5.82 Å². The van der Waals surface area contributed by atoms with Crippen LogP contribution in [0.2, 0.25) is 0 Å². The van der Waals surface area contributed by atoms with Gasteiger partial charge in [-0.05, 0) is 68.9 Å². The highest BCUT2D eigenvalue weighted by Gasteiger charge is 2.28. The second-order valence-electron chi connectivity index (χ2n) is 10.6. The summed E-state index contributed by atoms with van der Waals surface area (Å²) >= 11 is 0. The van der Waals surface area contributed by atoms with Crippen molar-refractivity contribution < 1.29 is 14.6 Å². The van der Waals surface area contributed by atoms with Gasteiger partial charge in [-0.2, -0.15) is 0 Å². The molecule has 1 aliphatic heterocycles. The maximum Gasteiger partial charge on any atom is 0.254 e. The van der Waals surface area contributed by atoms with Crippen molar-refractivity contribution in [3.63, 3.8) is 0 Å². The molecule has 0 spiro atoms. The third-order valence-electron chi connectivity index (χ3n) is 7.71. The van der Waals surface area contributed by atoms with Gasteiger partial charge in [-0.3, -0.25) is 4.79 Å². The first-order valence-corrected chi connectivity index (χ1v) is 13.1. The number of amides is 1. The molecule has 37 heavy (non-hydrogen) atoms. The minimum absolute atomic E-state index is 0.0149. The van der Waals surface area contributed by atoms with Crippen LogP contribution < -0.4 is 10.5 Å². The van der Waals surface area contributed by atoms with Crippen LogP contribution in [0.4, 0.5) is 0 Å². The number of pyridine rings is 1. The van der Waals surface area contributed by atoms with Crippen LogP contribution >= 0.6 is 0 Å². The Morgan fingerprint density at radius 3 is 2.73 bits per heavy atom. The molecule has 1 amide bonds. The van der Waals surface area contributed by atoms with Gasteiger partial charge in [0.1, 0.15) is 16.9 Å². The van der Waals surface area contributed by atoms with E-state index in [1.54, 1.807) is 14.0 Å². The second-order valence-corrected chi connectivity index (χ2v) is 10.6. The number of rotatable bonds is 6. The van der Waals surface area contributed by atoms with E-state index in [2.05, 4.69) is 10.6 Å². The highest BCUT2D eigenvalue weighted by atomic mass is 16.5. The van der Waals surface area contributed by atoms with E-state index in [0.29, 0.717) is 41.5 Å². The number of hydrogen-bond acceptors (Lipinski definition) is 6. The first-order chi connectivity index (χ1) is 17.8. The topological polar surface area (TPSA) is 111 Å². The normalized spacial score (nSPS) is 19.1. The van der Waals surface area contributed by atoms with Crippen LogP contribution in [0.1, 0.15) is 54.8 Å². The van der Waals surface area contributed by atoms with Gasteiger partial charge in [0, 0.05) is 43.7 Å². The van der Waals surface area contributed by atoms with Crippen molar-refractivity contribution in [2.45, 2.75) is 51.3 Å². The van der Waals surface area contributed by atoms with E-state index in [0.717, 1.165) is 47.5 Å². The molecule has 4 aromatic rings. The first kappa shape index (κ1) is 23.9. The molecular weight excluding hydrogens is 468 g/mol. The SMILES string of the molecule is COc1cc(C(=O)N2CCC[C@@H](N)C2)cc2nc(-c3cc4ccc(C(C)O)nc4n3CC3CC3)n(C)c12. The molecular formula is C28H34N6O3. The molecule has 6 rings (SSSR count). The number of nitrogens with zero attached hydrogens (tertiary/aromatic N) is 5. The van der Waals surface area contributed by atoms with Crippen LogP contribution in [0.25, 0.3) is 33.6 Å². The number of hydrogen-bond donors (Lipinski definition) is 2. The fraction of sp³-hybridized carbons (Fsp3) is 0.464. The monoisotopic (exact) mass is 502 g/mol. The lowest BCUT2D eigenvalue weighted by molar-refractivity contribution is 0.0708. The molecule has 3 N–H and O–H groups in total. The maximum absolute atomic E-state index is 13.4. The number of aliphatic hydroxyl groups is 1. The van der Waals surface area contributed by atoms with E-state index in [9.17, 15) is 9.90 Å². The molecule has 1 saturated heterocycles. The van der Waals surface area contributed by atoms with Crippen LogP contribution in [0.5, 0.6) is 5.75 Å². The van der Waals surface area contributed by atoms with E-state index in [-0.39, 0.29) is 11.9 Å². The number of fused-ring (bicyclic) bond motifs is 2. The number of ether oxygens (including phenoxy) is 1. The van der Waals surface area contributed by atoms with Gasteiger partial charge in [-0.25, -0.2) is 9.97 Å². The Labute approximate surface area is 215 Å².